The molecular formula is C16H20O3. The van der Waals surface area contributed by atoms with E-state index in [4.69, 9.17) is 4.74 Å². The van der Waals surface area contributed by atoms with Crippen molar-refractivity contribution in [2.75, 3.05) is 7.11 Å². The largest absolute Gasteiger partial charge is 0.466 e. The third-order valence-corrected chi connectivity index (χ3v) is 4.64. The molecule has 0 aromatic rings. The number of rotatable bonds is 2. The number of allylic oxidation sites excluding steroid dienone is 3. The molecule has 0 radical (unpaired) electrons. The average molecular weight is 260 g/mol. The van der Waals surface area contributed by atoms with Crippen LogP contribution in [0.3, 0.4) is 0 Å². The summed E-state index contributed by atoms with van der Waals surface area (Å²) in [5, 5.41) is 0. The molecule has 2 aliphatic carbocycles. The SMILES string of the molecule is C=C(C(=O)OC)[C@@H]1CC[C@]2(C)C=CC(=O)C(=C)[C@@H]2C1. The number of fused-ring (bicyclic) bond motifs is 1. The highest BCUT2D eigenvalue weighted by atomic mass is 16.5. The molecule has 1 fully saturated rings. The molecular weight excluding hydrogens is 240 g/mol. The first kappa shape index (κ1) is 13.8. The molecule has 19 heavy (non-hydrogen) atoms. The maximum absolute atomic E-state index is 11.8. The molecule has 102 valence electrons. The molecule has 0 N–H and O–H groups in total. The summed E-state index contributed by atoms with van der Waals surface area (Å²) in [5.41, 5.74) is 1.16. The Hall–Kier alpha value is -1.64. The van der Waals surface area contributed by atoms with Crippen molar-refractivity contribution in [3.8, 4) is 0 Å². The fourth-order valence-electron chi connectivity index (χ4n) is 3.23. The summed E-state index contributed by atoms with van der Waals surface area (Å²) < 4.78 is 4.73. The molecule has 0 bridgehead atoms. The van der Waals surface area contributed by atoms with E-state index in [9.17, 15) is 9.59 Å². The zero-order chi connectivity index (χ0) is 14.2. The van der Waals surface area contributed by atoms with Gasteiger partial charge in [0.15, 0.2) is 5.78 Å². The van der Waals surface area contributed by atoms with Crippen LogP contribution in [0.15, 0.2) is 36.5 Å². The third-order valence-electron chi connectivity index (χ3n) is 4.64. The Balaban J connectivity index is 2.21. The highest BCUT2D eigenvalue weighted by Crippen LogP contribution is 2.51. The van der Waals surface area contributed by atoms with Crippen LogP contribution in [0.25, 0.3) is 0 Å². The maximum atomic E-state index is 11.8. The van der Waals surface area contributed by atoms with E-state index in [0.717, 1.165) is 19.3 Å². The van der Waals surface area contributed by atoms with E-state index in [-0.39, 0.29) is 29.0 Å². The molecule has 2 rings (SSSR count). The predicted octanol–water partition coefficient (Wildman–Crippen LogP) is 2.83. The van der Waals surface area contributed by atoms with Gasteiger partial charge in [-0.15, -0.1) is 0 Å². The zero-order valence-electron chi connectivity index (χ0n) is 11.6. The minimum absolute atomic E-state index is 0.00630. The summed E-state index contributed by atoms with van der Waals surface area (Å²) >= 11 is 0. The Labute approximate surface area is 114 Å². The summed E-state index contributed by atoms with van der Waals surface area (Å²) in [6.07, 6.45) is 6.22. The van der Waals surface area contributed by atoms with Gasteiger partial charge >= 0.3 is 5.97 Å². The van der Waals surface area contributed by atoms with Crippen molar-refractivity contribution in [1.82, 2.24) is 0 Å². The molecule has 0 amide bonds. The van der Waals surface area contributed by atoms with Gasteiger partial charge in [-0.2, -0.15) is 0 Å². The fraction of sp³-hybridized carbons (Fsp3) is 0.500. The summed E-state index contributed by atoms with van der Waals surface area (Å²) in [4.78, 5) is 23.3. The van der Waals surface area contributed by atoms with Crippen LogP contribution in [0.1, 0.15) is 26.2 Å². The summed E-state index contributed by atoms with van der Waals surface area (Å²) in [6, 6.07) is 0. The van der Waals surface area contributed by atoms with E-state index in [2.05, 4.69) is 20.1 Å². The lowest BCUT2D eigenvalue weighted by molar-refractivity contribution is -0.137. The van der Waals surface area contributed by atoms with Gasteiger partial charge in [0.25, 0.3) is 0 Å². The van der Waals surface area contributed by atoms with E-state index in [1.54, 1.807) is 6.08 Å². The first-order valence-corrected chi connectivity index (χ1v) is 6.58. The van der Waals surface area contributed by atoms with Crippen molar-refractivity contribution >= 4 is 11.8 Å². The molecule has 0 heterocycles. The third kappa shape index (κ3) is 2.29. The Morgan fingerprint density at radius 1 is 1.53 bits per heavy atom. The Morgan fingerprint density at radius 2 is 2.21 bits per heavy atom. The normalized spacial score (nSPS) is 33.8. The summed E-state index contributed by atoms with van der Waals surface area (Å²) in [7, 11) is 1.37. The van der Waals surface area contributed by atoms with Gasteiger partial charge in [0.1, 0.15) is 0 Å². The lowest BCUT2D eigenvalue weighted by atomic mass is 9.58. The van der Waals surface area contributed by atoms with Crippen LogP contribution in [-0.4, -0.2) is 18.9 Å². The van der Waals surface area contributed by atoms with Crippen LogP contribution < -0.4 is 0 Å². The Kier molecular flexibility index (Phi) is 3.48. The van der Waals surface area contributed by atoms with E-state index < -0.39 is 0 Å². The predicted molar refractivity (Wildman–Crippen MR) is 73.4 cm³/mol. The highest BCUT2D eigenvalue weighted by Gasteiger charge is 2.44. The molecule has 2 aliphatic rings. The molecule has 0 aromatic carbocycles. The minimum Gasteiger partial charge on any atom is -0.466 e. The van der Waals surface area contributed by atoms with E-state index in [1.165, 1.54) is 7.11 Å². The topological polar surface area (TPSA) is 43.4 Å². The monoisotopic (exact) mass is 260 g/mol. The smallest absolute Gasteiger partial charge is 0.333 e. The number of hydrogen-bond acceptors (Lipinski definition) is 3. The fourth-order valence-corrected chi connectivity index (χ4v) is 3.23. The number of carbonyl (C=O) groups excluding carboxylic acids is 2. The molecule has 0 aliphatic heterocycles. The van der Waals surface area contributed by atoms with E-state index >= 15 is 0 Å². The van der Waals surface area contributed by atoms with Gasteiger partial charge < -0.3 is 4.74 Å². The zero-order valence-corrected chi connectivity index (χ0v) is 11.6. The second kappa shape index (κ2) is 4.80. The molecule has 1 saturated carbocycles. The molecule has 0 unspecified atom stereocenters. The van der Waals surface area contributed by atoms with Crippen molar-refractivity contribution in [3.63, 3.8) is 0 Å². The van der Waals surface area contributed by atoms with Crippen molar-refractivity contribution in [2.24, 2.45) is 17.3 Å². The first-order valence-electron chi connectivity index (χ1n) is 6.58. The first-order chi connectivity index (χ1) is 8.89. The molecule has 3 atom stereocenters. The standard InChI is InChI=1S/C16H20O3/c1-10(15(18)19-4)12-5-7-16(3)8-6-14(17)11(2)13(16)9-12/h6,8,12-13H,1-2,5,7,9H2,3-4H3/t12-,13+,16-/m1/s1. The van der Waals surface area contributed by atoms with Gasteiger partial charge in [-0.25, -0.2) is 4.79 Å². The van der Waals surface area contributed by atoms with Crippen LogP contribution in [-0.2, 0) is 14.3 Å². The number of hydrogen-bond donors (Lipinski definition) is 0. The second-order valence-electron chi connectivity index (χ2n) is 5.77. The van der Waals surface area contributed by atoms with Crippen molar-refractivity contribution < 1.29 is 14.3 Å². The van der Waals surface area contributed by atoms with Gasteiger partial charge in [-0.1, -0.05) is 26.2 Å². The van der Waals surface area contributed by atoms with Gasteiger partial charge in [0.05, 0.1) is 7.11 Å². The minimum atomic E-state index is -0.350. The van der Waals surface area contributed by atoms with Gasteiger partial charge in [-0.3, -0.25) is 4.79 Å². The van der Waals surface area contributed by atoms with Gasteiger partial charge in [0, 0.05) is 5.57 Å². The van der Waals surface area contributed by atoms with Crippen LogP contribution in [0.5, 0.6) is 0 Å². The lowest BCUT2D eigenvalue weighted by Gasteiger charge is -2.45. The number of ether oxygens (including phenoxy) is 1. The number of carbonyl (C=O) groups is 2. The maximum Gasteiger partial charge on any atom is 0.333 e. The van der Waals surface area contributed by atoms with Crippen molar-refractivity contribution in [3.05, 3.63) is 36.5 Å². The number of methoxy groups -OCH3 is 1. The summed E-state index contributed by atoms with van der Waals surface area (Å²) in [5.74, 6) is -0.157. The molecule has 0 spiro atoms. The molecule has 0 saturated heterocycles. The lowest BCUT2D eigenvalue weighted by Crippen LogP contribution is -2.39. The molecule has 3 heteroatoms. The van der Waals surface area contributed by atoms with Crippen LogP contribution in [0, 0.1) is 17.3 Å². The molecule has 0 aromatic heterocycles. The quantitative estimate of drug-likeness (QED) is 0.566. The average Bonchev–Trinajstić information content (AvgIpc) is 2.41. The molecule has 3 nitrogen and oxygen atoms in total. The Morgan fingerprint density at radius 3 is 2.84 bits per heavy atom. The Bertz CT molecular complexity index is 486. The number of esters is 1. The van der Waals surface area contributed by atoms with Crippen molar-refractivity contribution in [1.29, 1.82) is 0 Å². The van der Waals surface area contributed by atoms with Crippen LogP contribution in [0.2, 0.25) is 0 Å². The van der Waals surface area contributed by atoms with Gasteiger partial charge in [-0.05, 0) is 48.2 Å². The van der Waals surface area contributed by atoms with Crippen LogP contribution >= 0.6 is 0 Å². The number of ketones is 1. The van der Waals surface area contributed by atoms with Crippen LogP contribution in [0.4, 0.5) is 0 Å². The summed E-state index contributed by atoms with van der Waals surface area (Å²) in [6.45, 7) is 9.94. The van der Waals surface area contributed by atoms with Gasteiger partial charge in [0.2, 0.25) is 0 Å². The second-order valence-corrected chi connectivity index (χ2v) is 5.77. The van der Waals surface area contributed by atoms with E-state index in [1.807, 2.05) is 6.08 Å². The van der Waals surface area contributed by atoms with E-state index in [0.29, 0.717) is 11.1 Å². The van der Waals surface area contributed by atoms with Crippen molar-refractivity contribution in [2.45, 2.75) is 26.2 Å². The highest BCUT2D eigenvalue weighted by molar-refractivity contribution is 6.05.